The maximum atomic E-state index is 13.4. The van der Waals surface area contributed by atoms with Crippen LogP contribution in [0.3, 0.4) is 0 Å². The maximum absolute atomic E-state index is 13.4. The lowest BCUT2D eigenvalue weighted by molar-refractivity contribution is -0.249. The molecular weight excluding hydrogens is 402 g/mol. The highest BCUT2D eigenvalue weighted by atomic mass is 16.6. The molecule has 0 radical (unpaired) electrons. The van der Waals surface area contributed by atoms with Crippen LogP contribution < -0.4 is 5.73 Å². The van der Waals surface area contributed by atoms with E-state index in [1.54, 1.807) is 30.3 Å². The third-order valence-electron chi connectivity index (χ3n) is 6.17. The number of amides is 1. The molecule has 2 aromatic rings. The molecule has 3 atom stereocenters. The molecule has 4 heterocycles. The average Bonchev–Trinajstić information content (AvgIpc) is 3.31. The fraction of sp³-hybridized carbons (Fsp3) is 0.318. The minimum absolute atomic E-state index is 0.0431. The van der Waals surface area contributed by atoms with E-state index in [4.69, 9.17) is 19.6 Å². The van der Waals surface area contributed by atoms with Gasteiger partial charge in [-0.2, -0.15) is 0 Å². The maximum Gasteiger partial charge on any atom is 0.333 e. The van der Waals surface area contributed by atoms with Crippen LogP contribution in [0.1, 0.15) is 23.4 Å². The number of likely N-dealkylation sites (tertiary alicyclic amines) is 1. The standard InChI is InChI=1S/C22H21N3O6/c1-24-15-9-10-22(24)21(30-18(26)7-8-19(27)31-22)25(12-15)20(28)17-6-5-16(29-17)13-3-2-4-14(23)11-13/h2-8,11,15,21H,9-10,12,23H2,1H3/b8-7+. The van der Waals surface area contributed by atoms with E-state index in [1.165, 1.54) is 4.90 Å². The average molecular weight is 423 g/mol. The van der Waals surface area contributed by atoms with Crippen LogP contribution in [0.25, 0.3) is 11.3 Å². The van der Waals surface area contributed by atoms with Crippen molar-refractivity contribution in [1.29, 1.82) is 0 Å². The van der Waals surface area contributed by atoms with Gasteiger partial charge in [0.15, 0.2) is 5.76 Å². The summed E-state index contributed by atoms with van der Waals surface area (Å²) in [6, 6.07) is 10.4. The molecule has 2 bridgehead atoms. The number of rotatable bonds is 2. The Hall–Kier alpha value is -3.59. The Balaban J connectivity index is 1.50. The third-order valence-corrected chi connectivity index (χ3v) is 6.17. The first-order chi connectivity index (χ1) is 14.9. The molecule has 1 aromatic carbocycles. The summed E-state index contributed by atoms with van der Waals surface area (Å²) in [4.78, 5) is 41.2. The predicted molar refractivity (Wildman–Crippen MR) is 108 cm³/mol. The number of esters is 2. The first kappa shape index (κ1) is 19.4. The van der Waals surface area contributed by atoms with Crippen molar-refractivity contribution in [3.05, 3.63) is 54.3 Å². The van der Waals surface area contributed by atoms with Crippen LogP contribution in [0.5, 0.6) is 0 Å². The summed E-state index contributed by atoms with van der Waals surface area (Å²) in [5.74, 6) is -1.22. The highest BCUT2D eigenvalue weighted by Gasteiger charge is 2.62. The Bertz CT molecular complexity index is 1110. The van der Waals surface area contributed by atoms with E-state index < -0.39 is 29.8 Å². The molecular formula is C22H21N3O6. The molecule has 2 N–H and O–H groups in total. The van der Waals surface area contributed by atoms with E-state index in [1.807, 2.05) is 18.0 Å². The molecule has 160 valence electrons. The van der Waals surface area contributed by atoms with E-state index in [-0.39, 0.29) is 11.8 Å². The van der Waals surface area contributed by atoms with Gasteiger partial charge in [-0.3, -0.25) is 14.6 Å². The molecule has 31 heavy (non-hydrogen) atoms. The van der Waals surface area contributed by atoms with Gasteiger partial charge >= 0.3 is 11.9 Å². The van der Waals surface area contributed by atoms with Crippen molar-refractivity contribution in [1.82, 2.24) is 9.80 Å². The second-order valence-electron chi connectivity index (χ2n) is 7.94. The zero-order valence-corrected chi connectivity index (χ0v) is 16.8. The molecule has 0 aliphatic carbocycles. The zero-order chi connectivity index (χ0) is 21.8. The highest BCUT2D eigenvalue weighted by molar-refractivity contribution is 5.95. The van der Waals surface area contributed by atoms with Gasteiger partial charge in [0.05, 0.1) is 0 Å². The first-order valence-electron chi connectivity index (χ1n) is 9.99. The number of hydrogen-bond acceptors (Lipinski definition) is 8. The Morgan fingerprint density at radius 1 is 1.16 bits per heavy atom. The quantitative estimate of drug-likeness (QED) is 0.574. The number of nitrogen functional groups attached to an aromatic ring is 1. The molecule has 2 saturated heterocycles. The fourth-order valence-electron chi connectivity index (χ4n) is 4.58. The number of hydrogen-bond donors (Lipinski definition) is 1. The van der Waals surface area contributed by atoms with Crippen LogP contribution in [0.4, 0.5) is 5.69 Å². The van der Waals surface area contributed by atoms with Gasteiger partial charge in [-0.1, -0.05) is 12.1 Å². The number of likely N-dealkylation sites (N-methyl/N-ethyl adjacent to an activating group) is 1. The van der Waals surface area contributed by atoms with Gasteiger partial charge in [-0.15, -0.1) is 0 Å². The van der Waals surface area contributed by atoms with Crippen LogP contribution in [-0.2, 0) is 19.1 Å². The Labute approximate surface area is 178 Å². The summed E-state index contributed by atoms with van der Waals surface area (Å²) in [5, 5.41) is 0. The van der Waals surface area contributed by atoms with Gasteiger partial charge in [0, 0.05) is 42.4 Å². The number of benzene rings is 1. The molecule has 9 heteroatoms. The van der Waals surface area contributed by atoms with Crippen LogP contribution in [0.15, 0.2) is 53.0 Å². The summed E-state index contributed by atoms with van der Waals surface area (Å²) in [6.07, 6.45) is 2.09. The second-order valence-corrected chi connectivity index (χ2v) is 7.94. The van der Waals surface area contributed by atoms with Crippen LogP contribution in [0, 0.1) is 0 Å². The number of anilines is 1. The van der Waals surface area contributed by atoms with Crippen molar-refractivity contribution in [3.63, 3.8) is 0 Å². The molecule has 3 unspecified atom stereocenters. The third kappa shape index (κ3) is 3.09. The van der Waals surface area contributed by atoms with Crippen molar-refractivity contribution >= 4 is 23.5 Å². The number of piperazine rings is 1. The topological polar surface area (TPSA) is 115 Å². The summed E-state index contributed by atoms with van der Waals surface area (Å²) in [7, 11) is 1.81. The Kier molecular flexibility index (Phi) is 4.37. The van der Waals surface area contributed by atoms with Gasteiger partial charge in [0.25, 0.3) is 5.91 Å². The summed E-state index contributed by atoms with van der Waals surface area (Å²) in [5.41, 5.74) is 5.92. The summed E-state index contributed by atoms with van der Waals surface area (Å²) < 4.78 is 17.1. The number of ether oxygens (including phenoxy) is 2. The van der Waals surface area contributed by atoms with E-state index in [0.717, 1.165) is 17.7 Å². The fourth-order valence-corrected chi connectivity index (χ4v) is 4.58. The predicted octanol–water partition coefficient (Wildman–Crippen LogP) is 1.76. The summed E-state index contributed by atoms with van der Waals surface area (Å²) >= 11 is 0. The molecule has 3 aliphatic heterocycles. The van der Waals surface area contributed by atoms with Crippen LogP contribution in [0.2, 0.25) is 0 Å². The molecule has 1 spiro atoms. The van der Waals surface area contributed by atoms with Gasteiger partial charge in [-0.25, -0.2) is 9.59 Å². The Morgan fingerprint density at radius 3 is 2.77 bits per heavy atom. The van der Waals surface area contributed by atoms with E-state index in [9.17, 15) is 14.4 Å². The second kappa shape index (κ2) is 6.98. The van der Waals surface area contributed by atoms with E-state index in [2.05, 4.69) is 0 Å². The first-order valence-corrected chi connectivity index (χ1v) is 9.99. The largest absolute Gasteiger partial charge is 0.451 e. The zero-order valence-electron chi connectivity index (χ0n) is 16.8. The SMILES string of the molecule is CN1C2CCC13OC(=O)/C=C/C(=O)OC3N(C(=O)c1ccc(-c3cccc(N)c3)o1)C2. The van der Waals surface area contributed by atoms with Crippen molar-refractivity contribution in [3.8, 4) is 11.3 Å². The lowest BCUT2D eigenvalue weighted by Gasteiger charge is -2.50. The smallest absolute Gasteiger partial charge is 0.333 e. The van der Waals surface area contributed by atoms with Crippen molar-refractivity contribution < 1.29 is 28.3 Å². The molecule has 1 amide bonds. The minimum atomic E-state index is -1.24. The van der Waals surface area contributed by atoms with Crippen molar-refractivity contribution in [2.75, 3.05) is 19.3 Å². The van der Waals surface area contributed by atoms with E-state index in [0.29, 0.717) is 30.8 Å². The van der Waals surface area contributed by atoms with Gasteiger partial charge in [-0.05, 0) is 37.7 Å². The van der Waals surface area contributed by atoms with Gasteiger partial charge in [0.1, 0.15) is 5.76 Å². The van der Waals surface area contributed by atoms with Crippen LogP contribution >= 0.6 is 0 Å². The molecule has 1 aromatic heterocycles. The minimum Gasteiger partial charge on any atom is -0.451 e. The lowest BCUT2D eigenvalue weighted by Crippen LogP contribution is -2.70. The number of furan rings is 1. The van der Waals surface area contributed by atoms with Crippen molar-refractivity contribution in [2.24, 2.45) is 0 Å². The number of carbonyl (C=O) groups excluding carboxylic acids is 3. The molecule has 2 fully saturated rings. The molecule has 3 aliphatic rings. The van der Waals surface area contributed by atoms with Gasteiger partial charge < -0.3 is 19.6 Å². The Morgan fingerprint density at radius 2 is 1.97 bits per heavy atom. The number of carbonyl (C=O) groups is 3. The molecule has 9 nitrogen and oxygen atoms in total. The summed E-state index contributed by atoms with van der Waals surface area (Å²) in [6.45, 7) is 0.310. The number of nitrogens with two attached hydrogens (primary N) is 1. The molecule has 5 rings (SSSR count). The monoisotopic (exact) mass is 423 g/mol. The number of fused-ring (bicyclic) bond motifs is 1. The molecule has 0 saturated carbocycles. The van der Waals surface area contributed by atoms with Crippen LogP contribution in [-0.4, -0.2) is 59.2 Å². The van der Waals surface area contributed by atoms with Crippen molar-refractivity contribution in [2.45, 2.75) is 30.8 Å². The van der Waals surface area contributed by atoms with Gasteiger partial charge in [0.2, 0.25) is 12.0 Å². The van der Waals surface area contributed by atoms with E-state index >= 15 is 0 Å². The normalized spacial score (nSPS) is 28.9. The highest BCUT2D eigenvalue weighted by Crippen LogP contribution is 2.44. The number of nitrogens with zero attached hydrogens (tertiary/aromatic N) is 2. The lowest BCUT2D eigenvalue weighted by atomic mass is 10.1.